The SMILES string of the molecule is Cc1cc(C=O)cnc1N(C)c1cccc(C#N)c1. The van der Waals surface area contributed by atoms with Crippen LogP contribution in [0, 0.1) is 18.3 Å². The summed E-state index contributed by atoms with van der Waals surface area (Å²) in [6, 6.07) is 11.2. The van der Waals surface area contributed by atoms with Gasteiger partial charge in [0.15, 0.2) is 6.29 Å². The number of aldehydes is 1. The normalized spacial score (nSPS) is 9.74. The first-order chi connectivity index (χ1) is 9.15. The van der Waals surface area contributed by atoms with Crippen LogP contribution in [-0.4, -0.2) is 18.3 Å². The number of nitriles is 1. The maximum atomic E-state index is 10.7. The van der Waals surface area contributed by atoms with E-state index in [2.05, 4.69) is 11.1 Å². The molecule has 0 amide bonds. The highest BCUT2D eigenvalue weighted by atomic mass is 16.1. The highest BCUT2D eigenvalue weighted by Crippen LogP contribution is 2.25. The average molecular weight is 251 g/mol. The molecule has 0 aliphatic rings. The molecular formula is C15H13N3O. The van der Waals surface area contributed by atoms with Crippen LogP contribution in [0.4, 0.5) is 11.5 Å². The fraction of sp³-hybridized carbons (Fsp3) is 0.133. The van der Waals surface area contributed by atoms with Crippen LogP contribution in [0.15, 0.2) is 36.5 Å². The molecule has 0 N–H and O–H groups in total. The molecule has 0 fully saturated rings. The van der Waals surface area contributed by atoms with Gasteiger partial charge in [-0.25, -0.2) is 4.98 Å². The van der Waals surface area contributed by atoms with E-state index in [9.17, 15) is 4.79 Å². The molecule has 0 bridgehead atoms. The van der Waals surface area contributed by atoms with E-state index in [1.165, 1.54) is 0 Å². The minimum atomic E-state index is 0.556. The van der Waals surface area contributed by atoms with Gasteiger partial charge < -0.3 is 4.90 Å². The number of pyridine rings is 1. The summed E-state index contributed by atoms with van der Waals surface area (Å²) in [6.07, 6.45) is 2.32. The van der Waals surface area contributed by atoms with E-state index in [0.29, 0.717) is 11.1 Å². The minimum absolute atomic E-state index is 0.556. The summed E-state index contributed by atoms with van der Waals surface area (Å²) >= 11 is 0. The molecule has 0 unspecified atom stereocenters. The monoisotopic (exact) mass is 251 g/mol. The Labute approximate surface area is 111 Å². The molecule has 1 aromatic carbocycles. The summed E-state index contributed by atoms with van der Waals surface area (Å²) in [7, 11) is 1.88. The molecule has 1 aromatic heterocycles. The van der Waals surface area contributed by atoms with Crippen molar-refractivity contribution in [2.24, 2.45) is 0 Å². The number of hydrogen-bond acceptors (Lipinski definition) is 4. The summed E-state index contributed by atoms with van der Waals surface area (Å²) < 4.78 is 0. The Morgan fingerprint density at radius 1 is 1.37 bits per heavy atom. The van der Waals surface area contributed by atoms with Crippen LogP contribution in [0.2, 0.25) is 0 Å². The standard InChI is InChI=1S/C15H13N3O/c1-11-6-13(10-19)9-17-15(11)18(2)14-5-3-4-12(7-14)8-16/h3-7,9-10H,1-2H3. The van der Waals surface area contributed by atoms with Crippen molar-refractivity contribution < 1.29 is 4.79 Å². The Hall–Kier alpha value is -2.67. The van der Waals surface area contributed by atoms with E-state index in [0.717, 1.165) is 23.4 Å². The maximum absolute atomic E-state index is 10.7. The molecule has 1 heterocycles. The molecule has 0 atom stereocenters. The van der Waals surface area contributed by atoms with E-state index in [1.807, 2.05) is 31.0 Å². The van der Waals surface area contributed by atoms with Crippen LogP contribution in [0.1, 0.15) is 21.5 Å². The number of benzene rings is 1. The van der Waals surface area contributed by atoms with Gasteiger partial charge in [0.05, 0.1) is 11.6 Å². The molecule has 0 aliphatic carbocycles. The van der Waals surface area contributed by atoms with Gasteiger partial charge in [-0.05, 0) is 36.8 Å². The molecule has 0 aliphatic heterocycles. The quantitative estimate of drug-likeness (QED) is 0.787. The van der Waals surface area contributed by atoms with Crippen molar-refractivity contribution >= 4 is 17.8 Å². The minimum Gasteiger partial charge on any atom is -0.329 e. The number of anilines is 2. The van der Waals surface area contributed by atoms with E-state index in [-0.39, 0.29) is 0 Å². The van der Waals surface area contributed by atoms with E-state index < -0.39 is 0 Å². The summed E-state index contributed by atoms with van der Waals surface area (Å²) in [6.45, 7) is 1.90. The van der Waals surface area contributed by atoms with Gasteiger partial charge in [0.1, 0.15) is 5.82 Å². The Balaban J connectivity index is 2.41. The van der Waals surface area contributed by atoms with Crippen LogP contribution in [-0.2, 0) is 0 Å². The molecule has 4 heteroatoms. The van der Waals surface area contributed by atoms with Crippen molar-refractivity contribution in [3.63, 3.8) is 0 Å². The molecule has 0 radical (unpaired) electrons. The molecule has 0 spiro atoms. The van der Waals surface area contributed by atoms with Gasteiger partial charge in [-0.2, -0.15) is 5.26 Å². The number of rotatable bonds is 3. The second-order valence-corrected chi connectivity index (χ2v) is 4.25. The van der Waals surface area contributed by atoms with Gasteiger partial charge in [-0.3, -0.25) is 4.79 Å². The molecular weight excluding hydrogens is 238 g/mol. The number of aromatic nitrogens is 1. The lowest BCUT2D eigenvalue weighted by Gasteiger charge is -2.20. The van der Waals surface area contributed by atoms with Gasteiger partial charge in [-0.15, -0.1) is 0 Å². The Morgan fingerprint density at radius 2 is 2.16 bits per heavy atom. The van der Waals surface area contributed by atoms with Crippen molar-refractivity contribution in [2.75, 3.05) is 11.9 Å². The predicted molar refractivity (Wildman–Crippen MR) is 73.6 cm³/mol. The van der Waals surface area contributed by atoms with Crippen LogP contribution in [0.25, 0.3) is 0 Å². The van der Waals surface area contributed by atoms with Gasteiger partial charge in [0.25, 0.3) is 0 Å². The van der Waals surface area contributed by atoms with E-state index in [4.69, 9.17) is 5.26 Å². The number of hydrogen-bond donors (Lipinski definition) is 0. The zero-order valence-electron chi connectivity index (χ0n) is 10.8. The molecule has 2 rings (SSSR count). The lowest BCUT2D eigenvalue weighted by atomic mass is 10.1. The molecule has 2 aromatic rings. The van der Waals surface area contributed by atoms with Gasteiger partial charge in [-0.1, -0.05) is 6.07 Å². The Kier molecular flexibility index (Phi) is 3.58. The maximum Gasteiger partial charge on any atom is 0.151 e. The third kappa shape index (κ3) is 2.61. The number of carbonyl (C=O) groups excluding carboxylic acids is 1. The van der Waals surface area contributed by atoms with Crippen LogP contribution in [0.5, 0.6) is 0 Å². The van der Waals surface area contributed by atoms with Gasteiger partial charge >= 0.3 is 0 Å². The fourth-order valence-electron chi connectivity index (χ4n) is 1.91. The van der Waals surface area contributed by atoms with Crippen molar-refractivity contribution in [3.05, 3.63) is 53.2 Å². The summed E-state index contributed by atoms with van der Waals surface area (Å²) in [5, 5.41) is 8.91. The van der Waals surface area contributed by atoms with E-state index >= 15 is 0 Å². The third-order valence-electron chi connectivity index (χ3n) is 2.89. The van der Waals surface area contributed by atoms with Crippen molar-refractivity contribution in [1.82, 2.24) is 4.98 Å². The number of aryl methyl sites for hydroxylation is 1. The van der Waals surface area contributed by atoms with Crippen molar-refractivity contribution in [1.29, 1.82) is 5.26 Å². The highest BCUT2D eigenvalue weighted by Gasteiger charge is 2.09. The average Bonchev–Trinajstić information content (AvgIpc) is 2.46. The van der Waals surface area contributed by atoms with Crippen LogP contribution >= 0.6 is 0 Å². The Morgan fingerprint density at radius 3 is 2.79 bits per heavy atom. The number of nitrogens with zero attached hydrogens (tertiary/aromatic N) is 3. The van der Waals surface area contributed by atoms with Crippen molar-refractivity contribution in [3.8, 4) is 6.07 Å². The fourth-order valence-corrected chi connectivity index (χ4v) is 1.91. The molecule has 0 saturated heterocycles. The summed E-state index contributed by atoms with van der Waals surface area (Å²) in [4.78, 5) is 16.9. The third-order valence-corrected chi connectivity index (χ3v) is 2.89. The first-order valence-corrected chi connectivity index (χ1v) is 5.81. The summed E-state index contributed by atoms with van der Waals surface area (Å²) in [5.74, 6) is 0.765. The zero-order chi connectivity index (χ0) is 13.8. The van der Waals surface area contributed by atoms with Crippen molar-refractivity contribution in [2.45, 2.75) is 6.92 Å². The molecule has 4 nitrogen and oxygen atoms in total. The first kappa shape index (κ1) is 12.8. The summed E-state index contributed by atoms with van der Waals surface area (Å²) in [5.41, 5.74) is 2.95. The van der Waals surface area contributed by atoms with Gasteiger partial charge in [0.2, 0.25) is 0 Å². The smallest absolute Gasteiger partial charge is 0.151 e. The first-order valence-electron chi connectivity index (χ1n) is 5.81. The lowest BCUT2D eigenvalue weighted by Crippen LogP contribution is -2.13. The molecule has 19 heavy (non-hydrogen) atoms. The lowest BCUT2D eigenvalue weighted by molar-refractivity contribution is 0.112. The van der Waals surface area contributed by atoms with E-state index in [1.54, 1.807) is 24.4 Å². The van der Waals surface area contributed by atoms with Gasteiger partial charge in [0, 0.05) is 24.5 Å². The Bertz CT molecular complexity index is 659. The van der Waals surface area contributed by atoms with Crippen LogP contribution in [0.3, 0.4) is 0 Å². The largest absolute Gasteiger partial charge is 0.329 e. The highest BCUT2D eigenvalue weighted by molar-refractivity contribution is 5.76. The topological polar surface area (TPSA) is 57.0 Å². The van der Waals surface area contributed by atoms with Crippen LogP contribution < -0.4 is 4.90 Å². The molecule has 94 valence electrons. The second kappa shape index (κ2) is 5.32. The number of carbonyl (C=O) groups is 1. The zero-order valence-corrected chi connectivity index (χ0v) is 10.8. The second-order valence-electron chi connectivity index (χ2n) is 4.25. The molecule has 0 saturated carbocycles. The predicted octanol–water partition coefficient (Wildman–Crippen LogP) is 2.84.